The Bertz CT molecular complexity index is 424. The van der Waals surface area contributed by atoms with Crippen molar-refractivity contribution in [1.82, 2.24) is 0 Å². The third-order valence-electron chi connectivity index (χ3n) is 4.15. The van der Waals surface area contributed by atoms with Crippen LogP contribution in [0.15, 0.2) is 24.3 Å². The smallest absolute Gasteiger partial charge is 0.161 e. The first kappa shape index (κ1) is 15.1. The highest BCUT2D eigenvalue weighted by Crippen LogP contribution is 2.37. The lowest BCUT2D eigenvalue weighted by molar-refractivity contribution is 0.00345. The van der Waals surface area contributed by atoms with Gasteiger partial charge >= 0.3 is 0 Å². The molecule has 1 fully saturated rings. The summed E-state index contributed by atoms with van der Waals surface area (Å²) < 4.78 is 11.3. The van der Waals surface area contributed by atoms with Crippen LogP contribution in [0.3, 0.4) is 0 Å². The molecule has 0 saturated heterocycles. The Morgan fingerprint density at radius 1 is 1.30 bits per heavy atom. The van der Waals surface area contributed by atoms with Gasteiger partial charge in [0.15, 0.2) is 11.5 Å². The molecule has 0 aliphatic heterocycles. The molecular weight excluding hydrogens is 254 g/mol. The molecule has 1 aromatic carbocycles. The number of benzene rings is 1. The molecule has 1 aliphatic carbocycles. The molecule has 0 heterocycles. The molecule has 20 heavy (non-hydrogen) atoms. The first-order valence-corrected chi connectivity index (χ1v) is 7.46. The van der Waals surface area contributed by atoms with E-state index in [-0.39, 0.29) is 5.92 Å². The quantitative estimate of drug-likeness (QED) is 0.804. The Balaban J connectivity index is 1.87. The summed E-state index contributed by atoms with van der Waals surface area (Å²) in [4.78, 5) is 0. The Kier molecular flexibility index (Phi) is 5.26. The van der Waals surface area contributed by atoms with Crippen LogP contribution in [0.2, 0.25) is 0 Å². The van der Waals surface area contributed by atoms with E-state index >= 15 is 0 Å². The van der Waals surface area contributed by atoms with Crippen molar-refractivity contribution >= 4 is 0 Å². The standard InChI is InChI=1S/C16H25NO3/c1-2-19-14-7-3-4-8-15(14)20-11-9-13-6-5-10-16(13,18)12-17/h3-4,7-8,13,18H,2,5-6,9-12,17H2,1H3. The number of aliphatic hydroxyl groups is 1. The summed E-state index contributed by atoms with van der Waals surface area (Å²) in [5.74, 6) is 1.78. The molecule has 2 rings (SSSR count). The van der Waals surface area contributed by atoms with Gasteiger partial charge in [-0.15, -0.1) is 0 Å². The van der Waals surface area contributed by atoms with E-state index in [1.54, 1.807) is 0 Å². The minimum atomic E-state index is -0.692. The molecule has 4 heteroatoms. The van der Waals surface area contributed by atoms with Gasteiger partial charge in [-0.25, -0.2) is 0 Å². The molecule has 3 N–H and O–H groups in total. The highest BCUT2D eigenvalue weighted by atomic mass is 16.5. The van der Waals surface area contributed by atoms with Gasteiger partial charge in [-0.05, 0) is 44.2 Å². The third-order valence-corrected chi connectivity index (χ3v) is 4.15. The summed E-state index contributed by atoms with van der Waals surface area (Å²) in [6.07, 6.45) is 3.72. The van der Waals surface area contributed by atoms with E-state index in [4.69, 9.17) is 15.2 Å². The molecule has 1 aliphatic rings. The van der Waals surface area contributed by atoms with Crippen LogP contribution in [0.5, 0.6) is 11.5 Å². The molecule has 4 nitrogen and oxygen atoms in total. The van der Waals surface area contributed by atoms with E-state index in [1.165, 1.54) is 0 Å². The van der Waals surface area contributed by atoms with E-state index in [1.807, 2.05) is 31.2 Å². The molecule has 0 radical (unpaired) electrons. The zero-order chi connectivity index (χ0) is 14.4. The molecule has 2 atom stereocenters. The van der Waals surface area contributed by atoms with Gasteiger partial charge in [0.1, 0.15) is 0 Å². The maximum absolute atomic E-state index is 10.4. The SMILES string of the molecule is CCOc1ccccc1OCCC1CCCC1(O)CN. The summed E-state index contributed by atoms with van der Waals surface area (Å²) in [6.45, 7) is 3.50. The van der Waals surface area contributed by atoms with E-state index in [9.17, 15) is 5.11 Å². The van der Waals surface area contributed by atoms with Crippen LogP contribution in [0, 0.1) is 5.92 Å². The van der Waals surface area contributed by atoms with Crippen molar-refractivity contribution < 1.29 is 14.6 Å². The van der Waals surface area contributed by atoms with Crippen molar-refractivity contribution in [3.05, 3.63) is 24.3 Å². The summed E-state index contributed by atoms with van der Waals surface area (Å²) in [7, 11) is 0. The van der Waals surface area contributed by atoms with Crippen molar-refractivity contribution in [3.63, 3.8) is 0 Å². The molecule has 1 aromatic rings. The average molecular weight is 279 g/mol. The van der Waals surface area contributed by atoms with Crippen LogP contribution in [-0.2, 0) is 0 Å². The van der Waals surface area contributed by atoms with Gasteiger partial charge in [-0.2, -0.15) is 0 Å². The van der Waals surface area contributed by atoms with Gasteiger partial charge in [0.05, 0.1) is 18.8 Å². The van der Waals surface area contributed by atoms with Crippen molar-refractivity contribution in [2.75, 3.05) is 19.8 Å². The molecule has 0 bridgehead atoms. The van der Waals surface area contributed by atoms with Crippen LogP contribution >= 0.6 is 0 Å². The zero-order valence-electron chi connectivity index (χ0n) is 12.2. The van der Waals surface area contributed by atoms with Crippen LogP contribution in [0.1, 0.15) is 32.6 Å². The number of ether oxygens (including phenoxy) is 2. The Morgan fingerprint density at radius 3 is 2.65 bits per heavy atom. The first-order valence-electron chi connectivity index (χ1n) is 7.46. The minimum Gasteiger partial charge on any atom is -0.490 e. The number of hydrogen-bond acceptors (Lipinski definition) is 4. The van der Waals surface area contributed by atoms with Crippen molar-refractivity contribution in [3.8, 4) is 11.5 Å². The Morgan fingerprint density at radius 2 is 2.00 bits per heavy atom. The molecule has 112 valence electrons. The Hall–Kier alpha value is -1.26. The van der Waals surface area contributed by atoms with E-state index < -0.39 is 5.60 Å². The molecule has 1 saturated carbocycles. The number of rotatable bonds is 7. The maximum Gasteiger partial charge on any atom is 0.161 e. The molecule has 0 amide bonds. The topological polar surface area (TPSA) is 64.7 Å². The second-order valence-corrected chi connectivity index (χ2v) is 5.41. The summed E-state index contributed by atoms with van der Waals surface area (Å²) >= 11 is 0. The van der Waals surface area contributed by atoms with Crippen molar-refractivity contribution in [2.45, 2.75) is 38.2 Å². The van der Waals surface area contributed by atoms with Gasteiger partial charge in [-0.3, -0.25) is 0 Å². The highest BCUT2D eigenvalue weighted by Gasteiger charge is 2.39. The average Bonchev–Trinajstić information content (AvgIpc) is 2.83. The predicted octanol–water partition coefficient (Wildman–Crippen LogP) is 2.34. The first-order chi connectivity index (χ1) is 9.69. The van der Waals surface area contributed by atoms with Crippen LogP contribution < -0.4 is 15.2 Å². The Labute approximate surface area is 120 Å². The van der Waals surface area contributed by atoms with Crippen LogP contribution in [0.25, 0.3) is 0 Å². The molecule has 2 unspecified atom stereocenters. The lowest BCUT2D eigenvalue weighted by Crippen LogP contribution is -2.41. The van der Waals surface area contributed by atoms with Crippen molar-refractivity contribution in [2.24, 2.45) is 11.7 Å². The lowest BCUT2D eigenvalue weighted by atomic mass is 9.88. The zero-order valence-corrected chi connectivity index (χ0v) is 12.2. The monoisotopic (exact) mass is 279 g/mol. The van der Waals surface area contributed by atoms with Gasteiger partial charge in [0.2, 0.25) is 0 Å². The fourth-order valence-corrected chi connectivity index (χ4v) is 2.96. The van der Waals surface area contributed by atoms with Crippen molar-refractivity contribution in [1.29, 1.82) is 0 Å². The second-order valence-electron chi connectivity index (χ2n) is 5.41. The molecular formula is C16H25NO3. The van der Waals surface area contributed by atoms with Gasteiger partial charge < -0.3 is 20.3 Å². The van der Waals surface area contributed by atoms with Gasteiger partial charge in [0.25, 0.3) is 0 Å². The summed E-state index contributed by atoms with van der Waals surface area (Å²) in [6, 6.07) is 7.69. The van der Waals surface area contributed by atoms with E-state index in [0.717, 1.165) is 37.2 Å². The molecule has 0 aromatic heterocycles. The normalized spacial score (nSPS) is 25.6. The fraction of sp³-hybridized carbons (Fsp3) is 0.625. The van der Waals surface area contributed by atoms with Gasteiger partial charge in [0, 0.05) is 6.54 Å². The largest absolute Gasteiger partial charge is 0.490 e. The summed E-state index contributed by atoms with van der Waals surface area (Å²) in [5.41, 5.74) is 5.00. The number of hydrogen-bond donors (Lipinski definition) is 2. The molecule has 0 spiro atoms. The third kappa shape index (κ3) is 3.44. The van der Waals surface area contributed by atoms with Crippen LogP contribution in [-0.4, -0.2) is 30.5 Å². The number of para-hydroxylation sites is 2. The lowest BCUT2D eigenvalue weighted by Gasteiger charge is -2.28. The second kappa shape index (κ2) is 6.95. The summed E-state index contributed by atoms with van der Waals surface area (Å²) in [5, 5.41) is 10.4. The number of nitrogens with two attached hydrogens (primary N) is 1. The van der Waals surface area contributed by atoms with Gasteiger partial charge in [-0.1, -0.05) is 18.6 Å². The maximum atomic E-state index is 10.4. The highest BCUT2D eigenvalue weighted by molar-refractivity contribution is 5.39. The fourth-order valence-electron chi connectivity index (χ4n) is 2.96. The van der Waals surface area contributed by atoms with E-state index in [0.29, 0.717) is 19.8 Å². The minimum absolute atomic E-state index is 0.242. The van der Waals surface area contributed by atoms with E-state index in [2.05, 4.69) is 0 Å². The van der Waals surface area contributed by atoms with Crippen LogP contribution in [0.4, 0.5) is 0 Å². The predicted molar refractivity (Wildman–Crippen MR) is 79.1 cm³/mol.